The highest BCUT2D eigenvalue weighted by Crippen LogP contribution is 2.23. The molecule has 2 heterocycles. The largest absolute Gasteiger partial charge is 0.368 e. The summed E-state index contributed by atoms with van der Waals surface area (Å²) in [7, 11) is 0. The molecule has 0 N–H and O–H groups in total. The van der Waals surface area contributed by atoms with Gasteiger partial charge < -0.3 is 9.80 Å². The van der Waals surface area contributed by atoms with Crippen molar-refractivity contribution in [3.05, 3.63) is 71.2 Å². The smallest absolute Gasteiger partial charge is 0.254 e. The molecule has 1 fully saturated rings. The maximum atomic E-state index is 13.2. The van der Waals surface area contributed by atoms with Gasteiger partial charge in [0.05, 0.1) is 11.1 Å². The first-order valence-electron chi connectivity index (χ1n) is 9.19. The third-order valence-corrected chi connectivity index (χ3v) is 5.08. The molecule has 0 spiro atoms. The summed E-state index contributed by atoms with van der Waals surface area (Å²) in [6.07, 6.45) is 0. The van der Waals surface area contributed by atoms with E-state index in [2.05, 4.69) is 9.88 Å². The van der Waals surface area contributed by atoms with Crippen LogP contribution in [0.4, 0.5) is 10.1 Å². The molecule has 0 atom stereocenters. The zero-order valence-corrected chi connectivity index (χ0v) is 15.6. The van der Waals surface area contributed by atoms with Gasteiger partial charge in [-0.1, -0.05) is 11.6 Å². The van der Waals surface area contributed by atoms with Gasteiger partial charge in [-0.05, 0) is 56.3 Å². The SMILES string of the molecule is Cc1ccc2nc(C)cc(C(=O)N3CCN(c4ccc(F)cc4)CC3)c2c1. The second-order valence-corrected chi connectivity index (χ2v) is 7.09. The van der Waals surface area contributed by atoms with Gasteiger partial charge in [-0.3, -0.25) is 9.78 Å². The van der Waals surface area contributed by atoms with E-state index in [1.165, 1.54) is 12.1 Å². The van der Waals surface area contributed by atoms with Crippen LogP contribution >= 0.6 is 0 Å². The Kier molecular flexibility index (Phi) is 4.52. The molecule has 2 aromatic carbocycles. The maximum absolute atomic E-state index is 13.2. The maximum Gasteiger partial charge on any atom is 0.254 e. The van der Waals surface area contributed by atoms with Gasteiger partial charge >= 0.3 is 0 Å². The minimum absolute atomic E-state index is 0.0508. The summed E-state index contributed by atoms with van der Waals surface area (Å²) >= 11 is 0. The Hall–Kier alpha value is -2.95. The van der Waals surface area contributed by atoms with Crippen LogP contribution in [-0.2, 0) is 0 Å². The number of nitrogens with zero attached hydrogens (tertiary/aromatic N) is 3. The Bertz CT molecular complexity index is 992. The number of amides is 1. The van der Waals surface area contributed by atoms with Crippen molar-refractivity contribution in [1.29, 1.82) is 0 Å². The van der Waals surface area contributed by atoms with E-state index in [-0.39, 0.29) is 11.7 Å². The molecule has 0 saturated carbocycles. The predicted octanol–water partition coefficient (Wildman–Crippen LogP) is 3.95. The third-order valence-electron chi connectivity index (χ3n) is 5.08. The molecule has 4 nitrogen and oxygen atoms in total. The van der Waals surface area contributed by atoms with Gasteiger partial charge in [0.1, 0.15) is 5.82 Å². The Morgan fingerprint density at radius 1 is 0.963 bits per heavy atom. The monoisotopic (exact) mass is 363 g/mol. The zero-order valence-electron chi connectivity index (χ0n) is 15.6. The Balaban J connectivity index is 1.55. The van der Waals surface area contributed by atoms with Crippen LogP contribution in [0.3, 0.4) is 0 Å². The number of anilines is 1. The number of rotatable bonds is 2. The van der Waals surface area contributed by atoms with E-state index in [1.807, 2.05) is 43.0 Å². The van der Waals surface area contributed by atoms with Crippen molar-refractivity contribution in [3.8, 4) is 0 Å². The van der Waals surface area contributed by atoms with Crippen LogP contribution in [0.5, 0.6) is 0 Å². The normalized spacial score (nSPS) is 14.6. The number of aromatic nitrogens is 1. The molecule has 0 radical (unpaired) electrons. The van der Waals surface area contributed by atoms with Crippen molar-refractivity contribution < 1.29 is 9.18 Å². The fraction of sp³-hybridized carbons (Fsp3) is 0.273. The quantitative estimate of drug-likeness (QED) is 0.692. The molecule has 138 valence electrons. The molecule has 27 heavy (non-hydrogen) atoms. The van der Waals surface area contributed by atoms with E-state index >= 15 is 0 Å². The van der Waals surface area contributed by atoms with Gasteiger partial charge in [0.15, 0.2) is 0 Å². The molecular weight excluding hydrogens is 341 g/mol. The first-order chi connectivity index (χ1) is 13.0. The van der Waals surface area contributed by atoms with E-state index in [4.69, 9.17) is 0 Å². The minimum Gasteiger partial charge on any atom is -0.368 e. The van der Waals surface area contributed by atoms with Gasteiger partial charge in [0, 0.05) is 42.9 Å². The van der Waals surface area contributed by atoms with Crippen LogP contribution in [0.25, 0.3) is 10.9 Å². The van der Waals surface area contributed by atoms with Crippen molar-refractivity contribution in [2.45, 2.75) is 13.8 Å². The molecule has 1 aliphatic rings. The van der Waals surface area contributed by atoms with Gasteiger partial charge in [-0.2, -0.15) is 0 Å². The number of piperazine rings is 1. The first-order valence-corrected chi connectivity index (χ1v) is 9.19. The number of halogens is 1. The molecule has 1 aromatic heterocycles. The summed E-state index contributed by atoms with van der Waals surface area (Å²) in [5.41, 5.74) is 4.53. The van der Waals surface area contributed by atoms with Crippen molar-refractivity contribution in [2.24, 2.45) is 0 Å². The Morgan fingerprint density at radius 2 is 1.67 bits per heavy atom. The van der Waals surface area contributed by atoms with E-state index in [1.54, 1.807) is 12.1 Å². The van der Waals surface area contributed by atoms with E-state index in [0.29, 0.717) is 13.1 Å². The van der Waals surface area contributed by atoms with Crippen LogP contribution in [0.1, 0.15) is 21.6 Å². The summed E-state index contributed by atoms with van der Waals surface area (Å²) in [6.45, 7) is 6.70. The van der Waals surface area contributed by atoms with Crippen LogP contribution in [0, 0.1) is 19.7 Å². The lowest BCUT2D eigenvalue weighted by Crippen LogP contribution is -2.48. The average molecular weight is 363 g/mol. The number of aryl methyl sites for hydroxylation is 2. The number of benzene rings is 2. The van der Waals surface area contributed by atoms with Gasteiger partial charge in [-0.25, -0.2) is 4.39 Å². The van der Waals surface area contributed by atoms with Gasteiger partial charge in [0.2, 0.25) is 0 Å². The van der Waals surface area contributed by atoms with Crippen molar-refractivity contribution in [1.82, 2.24) is 9.88 Å². The van der Waals surface area contributed by atoms with Crippen LogP contribution in [0.15, 0.2) is 48.5 Å². The lowest BCUT2D eigenvalue weighted by molar-refractivity contribution is 0.0748. The fourth-order valence-corrected chi connectivity index (χ4v) is 3.64. The minimum atomic E-state index is -0.234. The standard InChI is InChI=1S/C22H22FN3O/c1-15-3-8-21-19(13-15)20(14-16(2)24-21)22(27)26-11-9-25(10-12-26)18-6-4-17(23)5-7-18/h3-8,13-14H,9-12H2,1-2H3. The molecule has 1 amide bonds. The topological polar surface area (TPSA) is 36.4 Å². The number of carbonyl (C=O) groups excluding carboxylic acids is 1. The summed E-state index contributed by atoms with van der Waals surface area (Å²) < 4.78 is 13.1. The Morgan fingerprint density at radius 3 is 2.37 bits per heavy atom. The summed E-state index contributed by atoms with van der Waals surface area (Å²) in [6, 6.07) is 14.4. The van der Waals surface area contributed by atoms with Crippen molar-refractivity contribution >= 4 is 22.5 Å². The average Bonchev–Trinajstić information content (AvgIpc) is 2.68. The molecule has 0 unspecified atom stereocenters. The highest BCUT2D eigenvalue weighted by Gasteiger charge is 2.24. The first kappa shape index (κ1) is 17.5. The summed E-state index contributed by atoms with van der Waals surface area (Å²) in [5, 5.41) is 0.909. The fourth-order valence-electron chi connectivity index (χ4n) is 3.64. The molecule has 1 saturated heterocycles. The molecule has 5 heteroatoms. The lowest BCUT2D eigenvalue weighted by atomic mass is 10.0. The van der Waals surface area contributed by atoms with E-state index in [0.717, 1.165) is 46.5 Å². The highest BCUT2D eigenvalue weighted by atomic mass is 19.1. The van der Waals surface area contributed by atoms with Gasteiger partial charge in [0.25, 0.3) is 5.91 Å². The number of pyridine rings is 1. The zero-order chi connectivity index (χ0) is 19.0. The second-order valence-electron chi connectivity index (χ2n) is 7.09. The molecule has 0 aliphatic carbocycles. The highest BCUT2D eigenvalue weighted by molar-refractivity contribution is 6.06. The van der Waals surface area contributed by atoms with E-state index in [9.17, 15) is 9.18 Å². The predicted molar refractivity (Wildman–Crippen MR) is 106 cm³/mol. The number of fused-ring (bicyclic) bond motifs is 1. The van der Waals surface area contributed by atoms with Gasteiger partial charge in [-0.15, -0.1) is 0 Å². The Labute approximate surface area is 158 Å². The molecule has 0 bridgehead atoms. The third kappa shape index (κ3) is 3.50. The summed E-state index contributed by atoms with van der Waals surface area (Å²) in [4.78, 5) is 21.8. The van der Waals surface area contributed by atoms with Crippen molar-refractivity contribution in [3.63, 3.8) is 0 Å². The lowest BCUT2D eigenvalue weighted by Gasteiger charge is -2.36. The number of hydrogen-bond acceptors (Lipinski definition) is 3. The molecule has 4 rings (SSSR count). The molecular formula is C22H22FN3O. The van der Waals surface area contributed by atoms with Crippen molar-refractivity contribution in [2.75, 3.05) is 31.1 Å². The molecule has 1 aliphatic heterocycles. The number of hydrogen-bond donors (Lipinski definition) is 0. The van der Waals surface area contributed by atoms with Crippen LogP contribution < -0.4 is 4.90 Å². The van der Waals surface area contributed by atoms with E-state index < -0.39 is 0 Å². The summed E-state index contributed by atoms with van der Waals surface area (Å²) in [5.74, 6) is -0.183. The van der Waals surface area contributed by atoms with Crippen LogP contribution in [0.2, 0.25) is 0 Å². The second kappa shape index (κ2) is 6.99. The number of carbonyl (C=O) groups is 1. The molecule has 3 aromatic rings. The van der Waals surface area contributed by atoms with Crippen LogP contribution in [-0.4, -0.2) is 42.0 Å².